The second-order valence-electron chi connectivity index (χ2n) is 16.8. The fourth-order valence-corrected chi connectivity index (χ4v) is 9.34. The Hall–Kier alpha value is -2.84. The van der Waals surface area contributed by atoms with Crippen molar-refractivity contribution in [1.29, 1.82) is 0 Å². The van der Waals surface area contributed by atoms with Crippen molar-refractivity contribution in [2.45, 2.75) is 191 Å². The van der Waals surface area contributed by atoms with Crippen molar-refractivity contribution < 1.29 is 45.6 Å². The standard InChI is InChI=1S/2C26H38O5S.Ca/c2*1-2-3-4-5-6-7-8-9-10-11-12-16-19-23-25(32(28,29)30)21-20-24(27)26(23)31-22-17-14-13-15-18-22;/h2*13-15,17-18,20-21,27H,2-12,16,19H2,1H3,(H,28,29,30);/q;;+2/p-2. The Labute approximate surface area is 421 Å². The Morgan fingerprint density at radius 1 is 0.462 bits per heavy atom. The number of benzene rings is 4. The van der Waals surface area contributed by atoms with Crippen molar-refractivity contribution in [3.8, 4) is 34.5 Å². The Kier molecular flexibility index (Phi) is 30.1. The van der Waals surface area contributed by atoms with E-state index in [1.807, 2.05) is 12.1 Å². The molecular weight excluding hydrogens is 889 g/mol. The summed E-state index contributed by atoms with van der Waals surface area (Å²) in [7, 11) is -9.12. The Balaban J connectivity index is 0.000000440. The third-order valence-corrected chi connectivity index (χ3v) is 13.3. The van der Waals surface area contributed by atoms with Gasteiger partial charge in [-0.05, 0) is 68.1 Å². The van der Waals surface area contributed by atoms with Gasteiger partial charge < -0.3 is 24.2 Å². The summed E-state index contributed by atoms with van der Waals surface area (Å²) in [6.07, 6.45) is 29.4. The van der Waals surface area contributed by atoms with Crippen molar-refractivity contribution >= 4 is 58.0 Å². The van der Waals surface area contributed by atoms with Crippen LogP contribution in [-0.2, 0) is 33.1 Å². The van der Waals surface area contributed by atoms with Crippen LogP contribution >= 0.6 is 0 Å². The molecule has 0 unspecified atom stereocenters. The number of hydrogen-bond donors (Lipinski definition) is 2. The number of ether oxygens (including phenoxy) is 2. The molecule has 0 aliphatic carbocycles. The Bertz CT molecular complexity index is 1950. The average molecular weight is 963 g/mol. The molecule has 4 aromatic carbocycles. The quantitative estimate of drug-likeness (QED) is 0.0272. The van der Waals surface area contributed by atoms with E-state index in [1.54, 1.807) is 48.5 Å². The third kappa shape index (κ3) is 23.6. The third-order valence-electron chi connectivity index (χ3n) is 11.4. The van der Waals surface area contributed by atoms with Crippen molar-refractivity contribution in [1.82, 2.24) is 0 Å². The molecule has 0 atom stereocenters. The molecule has 0 radical (unpaired) electrons. The molecular formula is C52H74CaO10S2. The predicted octanol–water partition coefficient (Wildman–Crippen LogP) is 14.0. The van der Waals surface area contributed by atoms with Crippen LogP contribution in [0.3, 0.4) is 0 Å². The van der Waals surface area contributed by atoms with Crippen molar-refractivity contribution in [3.05, 3.63) is 96.1 Å². The smallest absolute Gasteiger partial charge is 0.870 e. The minimum Gasteiger partial charge on any atom is -0.870 e. The molecule has 0 aromatic heterocycles. The summed E-state index contributed by atoms with van der Waals surface area (Å²) in [4.78, 5) is -0.560. The fraction of sp³-hybridized carbons (Fsp3) is 0.538. The van der Waals surface area contributed by atoms with E-state index in [-0.39, 0.29) is 70.3 Å². The van der Waals surface area contributed by atoms with Gasteiger partial charge in [0.05, 0.1) is 4.90 Å². The van der Waals surface area contributed by atoms with Gasteiger partial charge in [0.25, 0.3) is 10.1 Å². The zero-order valence-electron chi connectivity index (χ0n) is 39.2. The average Bonchev–Trinajstić information content (AvgIpc) is 3.26. The molecule has 0 fully saturated rings. The van der Waals surface area contributed by atoms with Crippen molar-refractivity contribution in [2.24, 2.45) is 0 Å². The van der Waals surface area contributed by atoms with Crippen LogP contribution < -0.4 is 14.6 Å². The largest absolute Gasteiger partial charge is 2.00 e. The topological polar surface area (TPSA) is 173 Å². The first-order chi connectivity index (χ1) is 30.9. The maximum Gasteiger partial charge on any atom is 2.00 e. The van der Waals surface area contributed by atoms with Gasteiger partial charge in [0.15, 0.2) is 11.5 Å². The maximum absolute atomic E-state index is 12.4. The summed E-state index contributed by atoms with van der Waals surface area (Å²) in [5.41, 5.74) is 0.520. The number of aromatic hydroxyl groups is 1. The number of unbranched alkanes of at least 4 members (excludes halogenated alkanes) is 22. The summed E-state index contributed by atoms with van der Waals surface area (Å²) in [5.74, 6) is 0.392. The van der Waals surface area contributed by atoms with Crippen molar-refractivity contribution in [2.75, 3.05) is 0 Å². The van der Waals surface area contributed by atoms with E-state index >= 15 is 0 Å². The normalized spacial score (nSPS) is 11.4. The first-order valence-corrected chi connectivity index (χ1v) is 26.8. The summed E-state index contributed by atoms with van der Waals surface area (Å²) < 4.78 is 80.3. The second kappa shape index (κ2) is 33.6. The molecule has 13 heteroatoms. The van der Waals surface area contributed by atoms with Gasteiger partial charge >= 0.3 is 37.7 Å². The van der Waals surface area contributed by atoms with Crippen LogP contribution in [0, 0.1) is 0 Å². The van der Waals surface area contributed by atoms with E-state index < -0.39 is 26.0 Å². The maximum atomic E-state index is 12.4. The molecule has 0 amide bonds. The first-order valence-electron chi connectivity index (χ1n) is 23.9. The van der Waals surface area contributed by atoms with E-state index in [9.17, 15) is 36.2 Å². The number of phenolic OH excluding ortho intramolecular Hbond substituents is 1. The monoisotopic (exact) mass is 962 g/mol. The molecule has 2 N–H and O–H groups in total. The number of rotatable bonds is 32. The van der Waals surface area contributed by atoms with Crippen LogP contribution in [0.15, 0.2) is 94.7 Å². The van der Waals surface area contributed by atoms with E-state index in [0.717, 1.165) is 50.7 Å². The Morgan fingerprint density at radius 2 is 0.800 bits per heavy atom. The zero-order chi connectivity index (χ0) is 46.5. The van der Waals surface area contributed by atoms with Crippen LogP contribution in [0.1, 0.15) is 179 Å². The summed E-state index contributed by atoms with van der Waals surface area (Å²) in [5, 5.41) is 22.8. The van der Waals surface area contributed by atoms with E-state index in [0.29, 0.717) is 36.3 Å². The molecule has 65 heavy (non-hydrogen) atoms. The molecule has 4 aromatic rings. The van der Waals surface area contributed by atoms with Gasteiger partial charge in [-0.25, -0.2) is 8.42 Å². The van der Waals surface area contributed by atoms with Crippen LogP contribution in [0.4, 0.5) is 0 Å². The molecule has 0 saturated heterocycles. The molecule has 0 aliphatic heterocycles. The van der Waals surface area contributed by atoms with Gasteiger partial charge in [-0.1, -0.05) is 203 Å². The van der Waals surface area contributed by atoms with Gasteiger partial charge in [-0.2, -0.15) is 8.42 Å². The SMILES string of the molecule is CCCCCCCCCCCCCCc1c(S(=O)(=O)O)ccc(O)c1Oc1ccccc1.CCCCCCCCCCCCCCc1c(S(=O)(=O)[O-])ccc([O-])c1Oc1ccccc1.[Ca+2]. The summed E-state index contributed by atoms with van der Waals surface area (Å²) >= 11 is 0. The minimum atomic E-state index is -4.70. The molecule has 356 valence electrons. The zero-order valence-corrected chi connectivity index (χ0v) is 43.0. The summed E-state index contributed by atoms with van der Waals surface area (Å²) in [6.45, 7) is 4.47. The summed E-state index contributed by atoms with van der Waals surface area (Å²) in [6, 6.07) is 22.3. The van der Waals surface area contributed by atoms with E-state index in [1.165, 1.54) is 121 Å². The first kappa shape index (κ1) is 58.3. The van der Waals surface area contributed by atoms with E-state index in [2.05, 4.69) is 13.8 Å². The number of para-hydroxylation sites is 2. The second-order valence-corrected chi connectivity index (χ2v) is 19.5. The predicted molar refractivity (Wildman–Crippen MR) is 260 cm³/mol. The van der Waals surface area contributed by atoms with Gasteiger partial charge in [-0.15, -0.1) is 0 Å². The van der Waals surface area contributed by atoms with Gasteiger partial charge in [-0.3, -0.25) is 4.55 Å². The minimum absolute atomic E-state index is 0. The molecule has 0 aliphatic rings. The number of hydrogen-bond acceptors (Lipinski definition) is 9. The van der Waals surface area contributed by atoms with E-state index in [4.69, 9.17) is 9.47 Å². The van der Waals surface area contributed by atoms with Gasteiger partial charge in [0.1, 0.15) is 32.3 Å². The van der Waals surface area contributed by atoms with Crippen LogP contribution in [-0.4, -0.2) is 68.8 Å². The van der Waals surface area contributed by atoms with Crippen LogP contribution in [0.2, 0.25) is 0 Å². The van der Waals surface area contributed by atoms with Crippen LogP contribution in [0.5, 0.6) is 34.5 Å². The van der Waals surface area contributed by atoms with Crippen LogP contribution in [0.25, 0.3) is 0 Å². The molecule has 10 nitrogen and oxygen atoms in total. The molecule has 0 bridgehead atoms. The molecule has 0 spiro atoms. The molecule has 0 saturated carbocycles. The Morgan fingerprint density at radius 3 is 1.17 bits per heavy atom. The fourth-order valence-electron chi connectivity index (χ4n) is 7.86. The molecule has 4 rings (SSSR count). The van der Waals surface area contributed by atoms with Gasteiger partial charge in [0.2, 0.25) is 0 Å². The van der Waals surface area contributed by atoms with Gasteiger partial charge in [0, 0.05) is 11.1 Å². The van der Waals surface area contributed by atoms with Crippen molar-refractivity contribution in [3.63, 3.8) is 0 Å². The molecule has 0 heterocycles. The number of phenols is 1.